The van der Waals surface area contributed by atoms with Crippen LogP contribution in [-0.4, -0.2) is 13.2 Å². The van der Waals surface area contributed by atoms with Crippen molar-refractivity contribution in [3.63, 3.8) is 0 Å². The topological polar surface area (TPSA) is 35.5 Å². The summed E-state index contributed by atoms with van der Waals surface area (Å²) in [5.41, 5.74) is -1.06. The van der Waals surface area contributed by atoms with Gasteiger partial charge in [0.1, 0.15) is 0 Å². The van der Waals surface area contributed by atoms with Crippen molar-refractivity contribution in [3.05, 3.63) is 28.8 Å². The van der Waals surface area contributed by atoms with Gasteiger partial charge in [0.25, 0.3) is 0 Å². The van der Waals surface area contributed by atoms with Crippen molar-refractivity contribution in [1.82, 2.24) is 0 Å². The van der Waals surface area contributed by atoms with Gasteiger partial charge in [0, 0.05) is 0 Å². The quantitative estimate of drug-likeness (QED) is 0.762. The molecular weight excluding hydrogens is 304 g/mol. The number of halogens is 4. The van der Waals surface area contributed by atoms with Gasteiger partial charge in [-0.1, -0.05) is 11.6 Å². The minimum absolute atomic E-state index is 0.0568. The summed E-state index contributed by atoms with van der Waals surface area (Å²) in [5, 5.41) is -0.622. The molecule has 3 nitrogen and oxygen atoms in total. The first-order valence-corrected chi connectivity index (χ1v) is 7.43. The molecule has 0 fully saturated rings. The first-order chi connectivity index (χ1) is 8.74. The van der Waals surface area contributed by atoms with E-state index >= 15 is 0 Å². The van der Waals surface area contributed by atoms with Gasteiger partial charge in [-0.3, -0.25) is 4.57 Å². The highest BCUT2D eigenvalue weighted by Gasteiger charge is 2.36. The molecule has 0 saturated carbocycles. The fraction of sp³-hybridized carbons (Fsp3) is 0.455. The van der Waals surface area contributed by atoms with Gasteiger partial charge in [0.2, 0.25) is 0 Å². The molecule has 0 N–H and O–H groups in total. The number of hydrogen-bond acceptors (Lipinski definition) is 3. The summed E-state index contributed by atoms with van der Waals surface area (Å²) < 4.78 is 60.5. The van der Waals surface area contributed by atoms with Crippen molar-refractivity contribution in [3.8, 4) is 0 Å². The standard InChI is InChI=1S/C11H13ClF3O3P/c1-3-17-19(16,18-4-2)8-5-6-10(12)9(7-8)11(13,14)15/h5-7H,3-4H2,1-2H3. The van der Waals surface area contributed by atoms with Crippen LogP contribution in [0.2, 0.25) is 5.02 Å². The van der Waals surface area contributed by atoms with Crippen molar-refractivity contribution in [2.75, 3.05) is 13.2 Å². The summed E-state index contributed by atoms with van der Waals surface area (Å²) >= 11 is 5.49. The Morgan fingerprint density at radius 2 is 1.74 bits per heavy atom. The minimum atomic E-state index is -4.63. The second-order valence-electron chi connectivity index (χ2n) is 3.49. The Morgan fingerprint density at radius 3 is 2.16 bits per heavy atom. The van der Waals surface area contributed by atoms with Gasteiger partial charge < -0.3 is 9.05 Å². The second-order valence-corrected chi connectivity index (χ2v) is 5.93. The maximum atomic E-state index is 12.7. The fourth-order valence-corrected chi connectivity index (χ4v) is 3.25. The Morgan fingerprint density at radius 1 is 1.21 bits per heavy atom. The van der Waals surface area contributed by atoms with Gasteiger partial charge >= 0.3 is 13.8 Å². The van der Waals surface area contributed by atoms with Gasteiger partial charge in [-0.2, -0.15) is 13.2 Å². The summed E-state index contributed by atoms with van der Waals surface area (Å²) in [5.74, 6) is 0. The van der Waals surface area contributed by atoms with E-state index in [1.807, 2.05) is 0 Å². The monoisotopic (exact) mass is 316 g/mol. The van der Waals surface area contributed by atoms with E-state index in [-0.39, 0.29) is 18.5 Å². The van der Waals surface area contributed by atoms with E-state index in [2.05, 4.69) is 0 Å². The number of alkyl halides is 3. The number of benzene rings is 1. The average molecular weight is 317 g/mol. The van der Waals surface area contributed by atoms with E-state index in [4.69, 9.17) is 20.6 Å². The predicted octanol–water partition coefficient (Wildman–Crippen LogP) is 4.25. The Hall–Kier alpha value is -0.550. The zero-order chi connectivity index (χ0) is 14.7. The van der Waals surface area contributed by atoms with Gasteiger partial charge in [0.15, 0.2) is 0 Å². The molecule has 0 atom stereocenters. The third-order valence-electron chi connectivity index (χ3n) is 2.17. The van der Waals surface area contributed by atoms with Crippen LogP contribution < -0.4 is 5.30 Å². The van der Waals surface area contributed by atoms with E-state index < -0.39 is 24.4 Å². The molecule has 1 rings (SSSR count). The lowest BCUT2D eigenvalue weighted by Gasteiger charge is -2.18. The minimum Gasteiger partial charge on any atom is -0.305 e. The molecule has 0 bridgehead atoms. The Balaban J connectivity index is 3.30. The number of rotatable bonds is 5. The third kappa shape index (κ3) is 3.96. The van der Waals surface area contributed by atoms with E-state index in [0.29, 0.717) is 6.07 Å². The largest absolute Gasteiger partial charge is 0.417 e. The molecule has 0 aliphatic rings. The highest BCUT2D eigenvalue weighted by molar-refractivity contribution is 7.62. The van der Waals surface area contributed by atoms with Crippen molar-refractivity contribution in [2.45, 2.75) is 20.0 Å². The van der Waals surface area contributed by atoms with Gasteiger partial charge in [-0.15, -0.1) is 0 Å². The molecule has 0 aliphatic carbocycles. The molecular formula is C11H13ClF3O3P. The smallest absolute Gasteiger partial charge is 0.305 e. The van der Waals surface area contributed by atoms with E-state index in [1.54, 1.807) is 13.8 Å². The number of hydrogen-bond donors (Lipinski definition) is 0. The SMILES string of the molecule is CCOP(=O)(OCC)c1ccc(Cl)c(C(F)(F)F)c1. The fourth-order valence-electron chi connectivity index (χ4n) is 1.43. The zero-order valence-corrected chi connectivity index (χ0v) is 12.0. The molecule has 0 spiro atoms. The molecule has 0 amide bonds. The summed E-state index contributed by atoms with van der Waals surface area (Å²) in [6.45, 7) is 3.26. The molecule has 0 unspecified atom stereocenters. The van der Waals surface area contributed by atoms with Crippen molar-refractivity contribution in [2.24, 2.45) is 0 Å². The highest BCUT2D eigenvalue weighted by atomic mass is 35.5. The normalized spacial score (nSPS) is 12.7. The van der Waals surface area contributed by atoms with Gasteiger partial charge in [-0.05, 0) is 32.0 Å². The lowest BCUT2D eigenvalue weighted by atomic mass is 10.2. The first kappa shape index (κ1) is 16.5. The Bertz CT molecular complexity index is 481. The van der Waals surface area contributed by atoms with Crippen molar-refractivity contribution in [1.29, 1.82) is 0 Å². The van der Waals surface area contributed by atoms with Crippen LogP contribution in [-0.2, 0) is 19.8 Å². The molecule has 1 aromatic rings. The first-order valence-electron chi connectivity index (χ1n) is 5.51. The average Bonchev–Trinajstić information content (AvgIpc) is 2.28. The van der Waals surface area contributed by atoms with Crippen LogP contribution in [0.4, 0.5) is 13.2 Å². The van der Waals surface area contributed by atoms with Crippen LogP contribution in [0, 0.1) is 0 Å². The Kier molecular flexibility index (Phi) is 5.44. The molecule has 8 heteroatoms. The molecule has 0 heterocycles. The van der Waals surface area contributed by atoms with Crippen LogP contribution >= 0.6 is 19.2 Å². The van der Waals surface area contributed by atoms with Crippen LogP contribution in [0.1, 0.15) is 19.4 Å². The van der Waals surface area contributed by atoms with Crippen LogP contribution in [0.15, 0.2) is 18.2 Å². The molecule has 0 aromatic heterocycles. The van der Waals surface area contributed by atoms with E-state index in [9.17, 15) is 17.7 Å². The Labute approximate surface area is 114 Å². The molecule has 1 aromatic carbocycles. The molecule has 19 heavy (non-hydrogen) atoms. The van der Waals surface area contributed by atoms with E-state index in [1.165, 1.54) is 6.07 Å². The lowest BCUT2D eigenvalue weighted by Crippen LogP contribution is -2.15. The maximum absolute atomic E-state index is 12.7. The van der Waals surface area contributed by atoms with E-state index in [0.717, 1.165) is 6.07 Å². The second kappa shape index (κ2) is 6.27. The predicted molar refractivity (Wildman–Crippen MR) is 66.9 cm³/mol. The van der Waals surface area contributed by atoms with Crippen LogP contribution in [0.5, 0.6) is 0 Å². The summed E-state index contributed by atoms with van der Waals surface area (Å²) in [7, 11) is -3.75. The van der Waals surface area contributed by atoms with Crippen molar-refractivity contribution >= 4 is 24.5 Å². The molecule has 0 saturated heterocycles. The summed E-state index contributed by atoms with van der Waals surface area (Å²) in [4.78, 5) is 0. The van der Waals surface area contributed by atoms with Crippen LogP contribution in [0.25, 0.3) is 0 Å². The molecule has 0 aliphatic heterocycles. The highest BCUT2D eigenvalue weighted by Crippen LogP contribution is 2.48. The maximum Gasteiger partial charge on any atom is 0.417 e. The van der Waals surface area contributed by atoms with Gasteiger partial charge in [-0.25, -0.2) is 0 Å². The zero-order valence-electron chi connectivity index (χ0n) is 10.3. The van der Waals surface area contributed by atoms with Gasteiger partial charge in [0.05, 0.1) is 29.1 Å². The summed E-state index contributed by atoms with van der Waals surface area (Å²) in [6, 6.07) is 2.95. The third-order valence-corrected chi connectivity index (χ3v) is 4.61. The van der Waals surface area contributed by atoms with Crippen molar-refractivity contribution < 1.29 is 26.8 Å². The summed E-state index contributed by atoms with van der Waals surface area (Å²) in [6.07, 6.45) is -4.63. The lowest BCUT2D eigenvalue weighted by molar-refractivity contribution is -0.137. The molecule has 108 valence electrons. The molecule has 0 radical (unpaired) electrons. The van der Waals surface area contributed by atoms with Crippen LogP contribution in [0.3, 0.4) is 0 Å².